The summed E-state index contributed by atoms with van der Waals surface area (Å²) in [6, 6.07) is 7.47. The zero-order valence-electron chi connectivity index (χ0n) is 12.5. The molecule has 1 fully saturated rings. The van der Waals surface area contributed by atoms with Crippen molar-refractivity contribution < 1.29 is 8.42 Å². The van der Waals surface area contributed by atoms with E-state index in [0.717, 1.165) is 12.0 Å². The maximum absolute atomic E-state index is 12.3. The summed E-state index contributed by atoms with van der Waals surface area (Å²) in [6.45, 7) is 5.84. The summed E-state index contributed by atoms with van der Waals surface area (Å²) < 4.78 is 28.9. The van der Waals surface area contributed by atoms with Gasteiger partial charge in [-0.15, -0.1) is 0 Å². The number of hydrogen-bond acceptors (Lipinski definition) is 2. The number of piperidine rings is 1. The molecule has 1 N–H and O–H groups in total. The van der Waals surface area contributed by atoms with Crippen molar-refractivity contribution in [1.29, 1.82) is 0 Å². The van der Waals surface area contributed by atoms with Crippen LogP contribution in [-0.4, -0.2) is 32.4 Å². The van der Waals surface area contributed by atoms with Crippen molar-refractivity contribution in [2.45, 2.75) is 26.7 Å². The first-order valence-electron chi connectivity index (χ1n) is 7.36. The highest BCUT2D eigenvalue weighted by Crippen LogP contribution is 2.22. The lowest BCUT2D eigenvalue weighted by Gasteiger charge is -2.33. The smallest absolute Gasteiger partial charge is 0.202 e. The lowest BCUT2D eigenvalue weighted by molar-refractivity contribution is 0.220. The van der Waals surface area contributed by atoms with Gasteiger partial charge in [0, 0.05) is 24.7 Å². The van der Waals surface area contributed by atoms with Gasteiger partial charge in [0.1, 0.15) is 0 Å². The van der Waals surface area contributed by atoms with E-state index >= 15 is 0 Å². The van der Waals surface area contributed by atoms with Gasteiger partial charge in [0.25, 0.3) is 10.2 Å². The summed E-state index contributed by atoms with van der Waals surface area (Å²) in [5.74, 6) is 0.836. The van der Waals surface area contributed by atoms with Gasteiger partial charge in [-0.3, -0.25) is 0 Å². The van der Waals surface area contributed by atoms with E-state index in [2.05, 4.69) is 18.6 Å². The molecule has 1 aliphatic heterocycles. The van der Waals surface area contributed by atoms with Crippen LogP contribution in [0.1, 0.15) is 25.8 Å². The highest BCUT2D eigenvalue weighted by atomic mass is 35.5. The quantitative estimate of drug-likeness (QED) is 0.902. The third-order valence-electron chi connectivity index (χ3n) is 3.79. The summed E-state index contributed by atoms with van der Waals surface area (Å²) in [5, 5.41) is 0.690. The number of nitrogens with one attached hydrogen (secondary N) is 1. The molecule has 6 heteroatoms. The van der Waals surface area contributed by atoms with E-state index < -0.39 is 10.2 Å². The topological polar surface area (TPSA) is 49.4 Å². The van der Waals surface area contributed by atoms with Crippen LogP contribution in [0.3, 0.4) is 0 Å². The first kappa shape index (κ1) is 16.7. The zero-order valence-corrected chi connectivity index (χ0v) is 14.1. The molecule has 0 unspecified atom stereocenters. The fourth-order valence-electron chi connectivity index (χ4n) is 2.87. The number of hydrogen-bond donors (Lipinski definition) is 1. The molecular weight excluding hydrogens is 308 g/mol. The second-order valence-corrected chi connectivity index (χ2v) is 8.23. The van der Waals surface area contributed by atoms with Crippen molar-refractivity contribution in [3.05, 3.63) is 34.9 Å². The minimum atomic E-state index is -3.37. The molecule has 1 aliphatic rings. The first-order chi connectivity index (χ1) is 9.87. The van der Waals surface area contributed by atoms with Gasteiger partial charge in [-0.2, -0.15) is 12.7 Å². The van der Waals surface area contributed by atoms with E-state index in [1.165, 1.54) is 0 Å². The molecule has 0 spiro atoms. The van der Waals surface area contributed by atoms with Crippen molar-refractivity contribution >= 4 is 21.8 Å². The fraction of sp³-hybridized carbons (Fsp3) is 0.600. The van der Waals surface area contributed by atoms with Crippen LogP contribution in [0.4, 0.5) is 0 Å². The number of nitrogens with zero attached hydrogens (tertiary/aromatic N) is 1. The maximum Gasteiger partial charge on any atom is 0.279 e. The molecule has 1 saturated heterocycles. The van der Waals surface area contributed by atoms with Gasteiger partial charge < -0.3 is 0 Å². The van der Waals surface area contributed by atoms with Gasteiger partial charge in [0.15, 0.2) is 0 Å². The average Bonchev–Trinajstić information content (AvgIpc) is 2.40. The lowest BCUT2D eigenvalue weighted by Crippen LogP contribution is -2.48. The molecule has 0 radical (unpaired) electrons. The molecule has 1 aromatic rings. The van der Waals surface area contributed by atoms with E-state index in [4.69, 9.17) is 11.6 Å². The standard InChI is InChI=1S/C15H23ClN2O2S/c1-12-9-13(2)11-18(10-12)21(19,20)17-8-7-14-3-5-15(16)6-4-14/h3-6,12-13,17H,7-11H2,1-2H3/t12-,13-/m0/s1. The number of benzene rings is 1. The highest BCUT2D eigenvalue weighted by molar-refractivity contribution is 7.87. The van der Waals surface area contributed by atoms with Gasteiger partial charge in [0.2, 0.25) is 0 Å². The Morgan fingerprint density at radius 2 is 1.76 bits per heavy atom. The Balaban J connectivity index is 1.87. The van der Waals surface area contributed by atoms with Crippen molar-refractivity contribution in [1.82, 2.24) is 9.03 Å². The lowest BCUT2D eigenvalue weighted by atomic mass is 9.94. The molecule has 21 heavy (non-hydrogen) atoms. The van der Waals surface area contributed by atoms with Crippen LogP contribution in [0.2, 0.25) is 5.02 Å². The summed E-state index contributed by atoms with van der Waals surface area (Å²) >= 11 is 5.83. The highest BCUT2D eigenvalue weighted by Gasteiger charge is 2.29. The van der Waals surface area contributed by atoms with Gasteiger partial charge in [-0.05, 0) is 42.4 Å². The van der Waals surface area contributed by atoms with Crippen LogP contribution in [-0.2, 0) is 16.6 Å². The van der Waals surface area contributed by atoms with Crippen LogP contribution in [0, 0.1) is 11.8 Å². The molecule has 1 heterocycles. The summed E-state index contributed by atoms with van der Waals surface area (Å²) in [4.78, 5) is 0. The van der Waals surface area contributed by atoms with Crippen molar-refractivity contribution in [2.24, 2.45) is 11.8 Å². The second-order valence-electron chi connectivity index (χ2n) is 6.04. The molecule has 2 atom stereocenters. The molecule has 0 aliphatic carbocycles. The maximum atomic E-state index is 12.3. The van der Waals surface area contributed by atoms with Crippen LogP contribution in [0.5, 0.6) is 0 Å². The fourth-order valence-corrected chi connectivity index (χ4v) is 4.44. The molecule has 2 rings (SSSR count). The molecule has 1 aromatic carbocycles. The predicted molar refractivity (Wildman–Crippen MR) is 86.6 cm³/mol. The van der Waals surface area contributed by atoms with Crippen molar-refractivity contribution in [3.63, 3.8) is 0 Å². The van der Waals surface area contributed by atoms with Crippen molar-refractivity contribution in [2.75, 3.05) is 19.6 Å². The molecule has 0 amide bonds. The third kappa shape index (κ3) is 4.95. The second kappa shape index (κ2) is 7.09. The Bertz CT molecular complexity index is 550. The molecular formula is C15H23ClN2O2S. The Kier molecular flexibility index (Phi) is 5.66. The molecule has 0 bridgehead atoms. The predicted octanol–water partition coefficient (Wildman–Crippen LogP) is 2.69. The van der Waals surface area contributed by atoms with E-state index in [1.54, 1.807) is 4.31 Å². The Hall–Kier alpha value is -0.620. The largest absolute Gasteiger partial charge is 0.279 e. The van der Waals surface area contributed by atoms with E-state index in [-0.39, 0.29) is 0 Å². The number of rotatable bonds is 5. The molecule has 0 saturated carbocycles. The summed E-state index contributed by atoms with van der Waals surface area (Å²) in [7, 11) is -3.37. The number of halogens is 1. The monoisotopic (exact) mass is 330 g/mol. The molecule has 4 nitrogen and oxygen atoms in total. The Morgan fingerprint density at radius 3 is 2.33 bits per heavy atom. The van der Waals surface area contributed by atoms with E-state index in [9.17, 15) is 8.42 Å². The zero-order chi connectivity index (χ0) is 15.5. The van der Waals surface area contributed by atoms with Crippen LogP contribution < -0.4 is 4.72 Å². The molecule has 0 aromatic heterocycles. The SMILES string of the molecule is C[C@H]1C[C@H](C)CN(S(=O)(=O)NCCc2ccc(Cl)cc2)C1. The summed E-state index contributed by atoms with van der Waals surface area (Å²) in [5.41, 5.74) is 1.07. The summed E-state index contributed by atoms with van der Waals surface area (Å²) in [6.07, 6.45) is 1.76. The van der Waals surface area contributed by atoms with E-state index in [0.29, 0.717) is 42.9 Å². The Morgan fingerprint density at radius 1 is 1.19 bits per heavy atom. The van der Waals surface area contributed by atoms with Gasteiger partial charge in [-0.25, -0.2) is 4.72 Å². The van der Waals surface area contributed by atoms with Gasteiger partial charge in [-0.1, -0.05) is 37.6 Å². The van der Waals surface area contributed by atoms with Crippen molar-refractivity contribution in [3.8, 4) is 0 Å². The van der Waals surface area contributed by atoms with Gasteiger partial charge in [0.05, 0.1) is 0 Å². The minimum absolute atomic E-state index is 0.406. The van der Waals surface area contributed by atoms with E-state index in [1.807, 2.05) is 24.3 Å². The van der Waals surface area contributed by atoms with Crippen LogP contribution >= 0.6 is 11.6 Å². The molecule has 118 valence electrons. The van der Waals surface area contributed by atoms with Gasteiger partial charge >= 0.3 is 0 Å². The van der Waals surface area contributed by atoms with Crippen LogP contribution in [0.15, 0.2) is 24.3 Å². The minimum Gasteiger partial charge on any atom is -0.202 e. The normalized spacial score (nSPS) is 24.1. The average molecular weight is 331 g/mol. The van der Waals surface area contributed by atoms with Crippen LogP contribution in [0.25, 0.3) is 0 Å². The third-order valence-corrected chi connectivity index (χ3v) is 5.59. The Labute approximate surface area is 132 Å². The first-order valence-corrected chi connectivity index (χ1v) is 9.18.